The second kappa shape index (κ2) is 11.2. The lowest BCUT2D eigenvalue weighted by Gasteiger charge is -2.29. The van der Waals surface area contributed by atoms with Crippen molar-refractivity contribution in [3.8, 4) is 5.75 Å². The van der Waals surface area contributed by atoms with Crippen molar-refractivity contribution in [2.24, 2.45) is 0 Å². The van der Waals surface area contributed by atoms with E-state index in [1.165, 1.54) is 18.4 Å². The Balaban J connectivity index is 2.17. The molecule has 5 nitrogen and oxygen atoms in total. The molecule has 0 N–H and O–H groups in total. The number of unbranched alkanes of at least 4 members (excludes halogenated alkanes) is 2. The van der Waals surface area contributed by atoms with E-state index >= 15 is 0 Å². The molecule has 30 heavy (non-hydrogen) atoms. The molecule has 0 aliphatic carbocycles. The maximum atomic E-state index is 13.2. The zero-order valence-electron chi connectivity index (χ0n) is 18.4. The summed E-state index contributed by atoms with van der Waals surface area (Å²) in [6.45, 7) is 6.64. The van der Waals surface area contributed by atoms with E-state index in [1.54, 1.807) is 18.2 Å². The summed E-state index contributed by atoms with van der Waals surface area (Å²) in [6.07, 6.45) is 6.43. The van der Waals surface area contributed by atoms with Gasteiger partial charge in [0, 0.05) is 18.2 Å². The maximum absolute atomic E-state index is 13.2. The standard InChI is InChI=1S/C24H33NO4S/c1-5-7-8-10-20-13-15-22(16-14-20)24(26)25(19(3)6-2)18-21-11-9-12-23(17-21)29-30(4,27)28/h9,11-17,19H,5-8,10,18H2,1-4H3/t19-/m0/s1. The van der Waals surface area contributed by atoms with Gasteiger partial charge in [-0.05, 0) is 61.6 Å². The molecule has 0 unspecified atom stereocenters. The number of hydrogen-bond acceptors (Lipinski definition) is 4. The molecule has 0 aliphatic heterocycles. The first-order chi connectivity index (χ1) is 14.2. The molecule has 0 fully saturated rings. The van der Waals surface area contributed by atoms with Gasteiger partial charge in [-0.1, -0.05) is 51.0 Å². The average molecular weight is 432 g/mol. The molecule has 0 spiro atoms. The van der Waals surface area contributed by atoms with Gasteiger partial charge in [0.15, 0.2) is 0 Å². The van der Waals surface area contributed by atoms with Crippen molar-refractivity contribution in [1.82, 2.24) is 4.90 Å². The number of hydrogen-bond donors (Lipinski definition) is 0. The summed E-state index contributed by atoms with van der Waals surface area (Å²) in [4.78, 5) is 15.1. The summed E-state index contributed by atoms with van der Waals surface area (Å²) in [7, 11) is -3.60. The Labute approximate surface area is 181 Å². The third kappa shape index (κ3) is 7.48. The van der Waals surface area contributed by atoms with Crippen molar-refractivity contribution < 1.29 is 17.4 Å². The summed E-state index contributed by atoms with van der Waals surface area (Å²) < 4.78 is 27.8. The van der Waals surface area contributed by atoms with Crippen LogP contribution in [-0.2, 0) is 23.1 Å². The average Bonchev–Trinajstić information content (AvgIpc) is 2.71. The van der Waals surface area contributed by atoms with Gasteiger partial charge in [-0.3, -0.25) is 4.79 Å². The molecule has 1 amide bonds. The molecule has 164 valence electrons. The smallest absolute Gasteiger partial charge is 0.306 e. The first-order valence-corrected chi connectivity index (χ1v) is 12.4. The highest BCUT2D eigenvalue weighted by Crippen LogP contribution is 2.20. The second-order valence-electron chi connectivity index (χ2n) is 7.78. The molecular weight excluding hydrogens is 398 g/mol. The highest BCUT2D eigenvalue weighted by atomic mass is 32.2. The van der Waals surface area contributed by atoms with Gasteiger partial charge in [-0.2, -0.15) is 8.42 Å². The fourth-order valence-electron chi connectivity index (χ4n) is 3.27. The Morgan fingerprint density at radius 2 is 1.73 bits per heavy atom. The van der Waals surface area contributed by atoms with Crippen LogP contribution in [-0.4, -0.2) is 31.5 Å². The van der Waals surface area contributed by atoms with Crippen LogP contribution in [0.25, 0.3) is 0 Å². The Bertz CT molecular complexity index is 922. The molecule has 0 aliphatic rings. The van der Waals surface area contributed by atoms with E-state index in [4.69, 9.17) is 4.18 Å². The minimum absolute atomic E-state index is 0.0288. The van der Waals surface area contributed by atoms with Crippen molar-refractivity contribution in [3.05, 3.63) is 65.2 Å². The van der Waals surface area contributed by atoms with Crippen LogP contribution in [0.15, 0.2) is 48.5 Å². The zero-order chi connectivity index (χ0) is 22.1. The largest absolute Gasteiger partial charge is 0.383 e. The molecular formula is C24H33NO4S. The van der Waals surface area contributed by atoms with E-state index in [0.717, 1.165) is 31.1 Å². The van der Waals surface area contributed by atoms with E-state index in [1.807, 2.05) is 49.1 Å². The Morgan fingerprint density at radius 3 is 2.33 bits per heavy atom. The first kappa shape index (κ1) is 23.9. The van der Waals surface area contributed by atoms with Crippen molar-refractivity contribution in [1.29, 1.82) is 0 Å². The van der Waals surface area contributed by atoms with Crippen molar-refractivity contribution in [2.45, 2.75) is 65.5 Å². The monoisotopic (exact) mass is 431 g/mol. The van der Waals surface area contributed by atoms with E-state index in [2.05, 4.69) is 6.92 Å². The number of carbonyl (C=O) groups excluding carboxylic acids is 1. The predicted octanol–water partition coefficient (Wildman–Crippen LogP) is 5.20. The zero-order valence-corrected chi connectivity index (χ0v) is 19.2. The summed E-state index contributed by atoms with van der Waals surface area (Å²) in [5.41, 5.74) is 2.74. The minimum atomic E-state index is -3.60. The van der Waals surface area contributed by atoms with Gasteiger partial charge in [0.05, 0.1) is 6.26 Å². The fraction of sp³-hybridized carbons (Fsp3) is 0.458. The van der Waals surface area contributed by atoms with Crippen LogP contribution in [0.2, 0.25) is 0 Å². The molecule has 1 atom stereocenters. The van der Waals surface area contributed by atoms with Crippen LogP contribution < -0.4 is 4.18 Å². The van der Waals surface area contributed by atoms with E-state index in [0.29, 0.717) is 12.1 Å². The topological polar surface area (TPSA) is 63.7 Å². The molecule has 0 radical (unpaired) electrons. The Hall–Kier alpha value is -2.34. The van der Waals surface area contributed by atoms with Gasteiger partial charge in [0.25, 0.3) is 5.91 Å². The van der Waals surface area contributed by atoms with Crippen LogP contribution in [0.1, 0.15) is 67.9 Å². The molecule has 0 heterocycles. The van der Waals surface area contributed by atoms with Crippen LogP contribution in [0.3, 0.4) is 0 Å². The predicted molar refractivity (Wildman–Crippen MR) is 121 cm³/mol. The number of carbonyl (C=O) groups is 1. The van der Waals surface area contributed by atoms with Gasteiger partial charge >= 0.3 is 10.1 Å². The Morgan fingerprint density at radius 1 is 1.03 bits per heavy atom. The maximum Gasteiger partial charge on any atom is 0.306 e. The van der Waals surface area contributed by atoms with Crippen LogP contribution in [0.5, 0.6) is 5.75 Å². The number of rotatable bonds is 11. The normalized spacial score (nSPS) is 12.4. The molecule has 0 bridgehead atoms. The van der Waals surface area contributed by atoms with E-state index in [9.17, 15) is 13.2 Å². The third-order valence-electron chi connectivity index (χ3n) is 5.15. The highest BCUT2D eigenvalue weighted by molar-refractivity contribution is 7.86. The summed E-state index contributed by atoms with van der Waals surface area (Å²) in [5, 5.41) is 0. The van der Waals surface area contributed by atoms with Gasteiger partial charge in [-0.25, -0.2) is 0 Å². The highest BCUT2D eigenvalue weighted by Gasteiger charge is 2.21. The summed E-state index contributed by atoms with van der Waals surface area (Å²) in [6, 6.07) is 14.8. The van der Waals surface area contributed by atoms with Crippen LogP contribution in [0, 0.1) is 0 Å². The molecule has 0 aromatic heterocycles. The lowest BCUT2D eigenvalue weighted by Crippen LogP contribution is -2.37. The molecule has 0 saturated carbocycles. The lowest BCUT2D eigenvalue weighted by atomic mass is 10.0. The first-order valence-electron chi connectivity index (χ1n) is 10.6. The third-order valence-corrected chi connectivity index (χ3v) is 5.65. The minimum Gasteiger partial charge on any atom is -0.383 e. The summed E-state index contributed by atoms with van der Waals surface area (Å²) in [5.74, 6) is 0.224. The van der Waals surface area contributed by atoms with Crippen LogP contribution >= 0.6 is 0 Å². The van der Waals surface area contributed by atoms with Gasteiger partial charge < -0.3 is 9.08 Å². The van der Waals surface area contributed by atoms with Crippen molar-refractivity contribution >= 4 is 16.0 Å². The fourth-order valence-corrected chi connectivity index (χ4v) is 3.73. The molecule has 0 saturated heterocycles. The summed E-state index contributed by atoms with van der Waals surface area (Å²) >= 11 is 0. The van der Waals surface area contributed by atoms with E-state index in [-0.39, 0.29) is 17.7 Å². The van der Waals surface area contributed by atoms with E-state index < -0.39 is 10.1 Å². The van der Waals surface area contributed by atoms with Gasteiger partial charge in [0.2, 0.25) is 0 Å². The quantitative estimate of drug-likeness (QED) is 0.362. The SMILES string of the molecule is CCCCCc1ccc(C(=O)N(Cc2cccc(OS(C)(=O)=O)c2)[C@@H](C)CC)cc1. The number of amides is 1. The van der Waals surface area contributed by atoms with Crippen molar-refractivity contribution in [3.63, 3.8) is 0 Å². The number of nitrogens with zero attached hydrogens (tertiary/aromatic N) is 1. The second-order valence-corrected chi connectivity index (χ2v) is 9.35. The molecule has 2 aromatic carbocycles. The van der Waals surface area contributed by atoms with Gasteiger partial charge in [-0.15, -0.1) is 0 Å². The van der Waals surface area contributed by atoms with Gasteiger partial charge in [0.1, 0.15) is 5.75 Å². The van der Waals surface area contributed by atoms with Crippen LogP contribution in [0.4, 0.5) is 0 Å². The van der Waals surface area contributed by atoms with Crippen molar-refractivity contribution in [2.75, 3.05) is 6.26 Å². The Kier molecular flexibility index (Phi) is 8.90. The number of benzene rings is 2. The molecule has 6 heteroatoms. The lowest BCUT2D eigenvalue weighted by molar-refractivity contribution is 0.0671. The molecule has 2 aromatic rings. The molecule has 2 rings (SSSR count). The number of aryl methyl sites for hydroxylation is 1.